The molecule has 2 N–H and O–H groups in total. The Bertz CT molecular complexity index is 1020. The highest BCUT2D eigenvalue weighted by Crippen LogP contribution is 2.19. The predicted octanol–water partition coefficient (Wildman–Crippen LogP) is 5.05. The Labute approximate surface area is 174 Å². The van der Waals surface area contributed by atoms with Crippen LogP contribution in [-0.4, -0.2) is 17.9 Å². The number of rotatable bonds is 7. The molecule has 1 atom stereocenters. The van der Waals surface area contributed by atoms with Gasteiger partial charge in [0.05, 0.1) is 0 Å². The van der Waals surface area contributed by atoms with Crippen LogP contribution in [0.2, 0.25) is 0 Å². The van der Waals surface area contributed by atoms with Crippen LogP contribution in [0.1, 0.15) is 29.8 Å². The lowest BCUT2D eigenvalue weighted by atomic mass is 10.1. The van der Waals surface area contributed by atoms with E-state index in [0.717, 1.165) is 17.7 Å². The van der Waals surface area contributed by atoms with Gasteiger partial charge in [-0.2, -0.15) is 0 Å². The molecule has 6 heteroatoms. The average molecular weight is 406 g/mol. The molecule has 3 aromatic carbocycles. The molecule has 0 aromatic heterocycles. The summed E-state index contributed by atoms with van der Waals surface area (Å²) in [5.41, 5.74) is 2.82. The number of benzene rings is 3. The second-order valence-corrected chi connectivity index (χ2v) is 6.75. The highest BCUT2D eigenvalue weighted by Gasteiger charge is 2.15. The first-order chi connectivity index (χ1) is 14.5. The Morgan fingerprint density at radius 3 is 2.27 bits per heavy atom. The van der Waals surface area contributed by atoms with Gasteiger partial charge in [0.2, 0.25) is 0 Å². The van der Waals surface area contributed by atoms with E-state index in [1.807, 2.05) is 31.2 Å². The van der Waals surface area contributed by atoms with E-state index < -0.39 is 6.10 Å². The smallest absolute Gasteiger partial charge is 0.265 e. The van der Waals surface area contributed by atoms with Crippen molar-refractivity contribution in [3.05, 3.63) is 89.7 Å². The number of hydrogen-bond donors (Lipinski definition) is 2. The van der Waals surface area contributed by atoms with Crippen LogP contribution in [0.4, 0.5) is 15.8 Å². The highest BCUT2D eigenvalue weighted by molar-refractivity contribution is 6.04. The standard InChI is InChI=1S/C24H23FN2O3/c1-3-17-6-4-5-7-22(17)27-24(29)18-8-14-21(15-9-18)30-16(2)23(28)26-20-12-10-19(25)11-13-20/h4-16H,3H2,1-2H3,(H,26,28)(H,27,29). The minimum atomic E-state index is -0.772. The van der Waals surface area contributed by atoms with Gasteiger partial charge in [-0.05, 0) is 73.5 Å². The molecular weight excluding hydrogens is 383 g/mol. The van der Waals surface area contributed by atoms with Gasteiger partial charge in [-0.15, -0.1) is 0 Å². The number of aryl methyl sites for hydroxylation is 1. The van der Waals surface area contributed by atoms with E-state index in [-0.39, 0.29) is 17.6 Å². The number of para-hydroxylation sites is 1. The molecule has 0 aliphatic heterocycles. The maximum atomic E-state index is 13.0. The van der Waals surface area contributed by atoms with Gasteiger partial charge < -0.3 is 15.4 Å². The van der Waals surface area contributed by atoms with Crippen molar-refractivity contribution in [2.75, 3.05) is 10.6 Å². The molecule has 0 fully saturated rings. The monoisotopic (exact) mass is 406 g/mol. The van der Waals surface area contributed by atoms with E-state index in [1.54, 1.807) is 31.2 Å². The number of halogens is 1. The predicted molar refractivity (Wildman–Crippen MR) is 115 cm³/mol. The summed E-state index contributed by atoms with van der Waals surface area (Å²) in [4.78, 5) is 24.8. The third-order valence-electron chi connectivity index (χ3n) is 4.56. The van der Waals surface area contributed by atoms with Crippen LogP contribution in [0.5, 0.6) is 5.75 Å². The Morgan fingerprint density at radius 2 is 1.60 bits per heavy atom. The molecule has 0 radical (unpaired) electrons. The van der Waals surface area contributed by atoms with Crippen LogP contribution in [0.15, 0.2) is 72.8 Å². The molecule has 3 rings (SSSR count). The lowest BCUT2D eigenvalue weighted by Gasteiger charge is -2.15. The second-order valence-electron chi connectivity index (χ2n) is 6.75. The van der Waals surface area contributed by atoms with Crippen molar-refractivity contribution in [2.45, 2.75) is 26.4 Å². The van der Waals surface area contributed by atoms with Crippen LogP contribution in [0, 0.1) is 5.82 Å². The molecule has 0 aliphatic carbocycles. The quantitative estimate of drug-likeness (QED) is 0.577. The molecule has 0 heterocycles. The molecule has 1 unspecified atom stereocenters. The van der Waals surface area contributed by atoms with E-state index in [4.69, 9.17) is 4.74 Å². The van der Waals surface area contributed by atoms with Crippen LogP contribution in [0.25, 0.3) is 0 Å². The van der Waals surface area contributed by atoms with Gasteiger partial charge in [0.15, 0.2) is 6.10 Å². The maximum absolute atomic E-state index is 13.0. The first-order valence-corrected chi connectivity index (χ1v) is 9.68. The number of anilines is 2. The first kappa shape index (κ1) is 21.0. The van der Waals surface area contributed by atoms with Gasteiger partial charge in [0, 0.05) is 16.9 Å². The van der Waals surface area contributed by atoms with E-state index in [0.29, 0.717) is 17.0 Å². The minimum Gasteiger partial charge on any atom is -0.481 e. The molecule has 0 saturated heterocycles. The molecule has 5 nitrogen and oxygen atoms in total. The number of hydrogen-bond acceptors (Lipinski definition) is 3. The van der Waals surface area contributed by atoms with E-state index in [2.05, 4.69) is 10.6 Å². The van der Waals surface area contributed by atoms with Gasteiger partial charge in [-0.1, -0.05) is 25.1 Å². The number of carbonyl (C=O) groups excluding carboxylic acids is 2. The number of ether oxygens (including phenoxy) is 1. The van der Waals surface area contributed by atoms with E-state index >= 15 is 0 Å². The summed E-state index contributed by atoms with van der Waals surface area (Å²) < 4.78 is 18.6. The van der Waals surface area contributed by atoms with Gasteiger partial charge in [0.1, 0.15) is 11.6 Å². The van der Waals surface area contributed by atoms with Gasteiger partial charge in [0.25, 0.3) is 11.8 Å². The van der Waals surface area contributed by atoms with Crippen LogP contribution in [-0.2, 0) is 11.2 Å². The summed E-state index contributed by atoms with van der Waals surface area (Å²) in [7, 11) is 0. The fraction of sp³-hybridized carbons (Fsp3) is 0.167. The fourth-order valence-electron chi connectivity index (χ4n) is 2.86. The number of nitrogens with one attached hydrogen (secondary N) is 2. The summed E-state index contributed by atoms with van der Waals surface area (Å²) in [6.07, 6.45) is 0.0485. The molecule has 30 heavy (non-hydrogen) atoms. The number of carbonyl (C=O) groups is 2. The molecule has 3 aromatic rings. The Hall–Kier alpha value is -3.67. The minimum absolute atomic E-state index is 0.218. The lowest BCUT2D eigenvalue weighted by molar-refractivity contribution is -0.122. The molecule has 0 saturated carbocycles. The molecule has 154 valence electrons. The fourth-order valence-corrected chi connectivity index (χ4v) is 2.86. The molecule has 0 spiro atoms. The van der Waals surface area contributed by atoms with Gasteiger partial charge >= 0.3 is 0 Å². The Balaban J connectivity index is 1.58. The normalized spacial score (nSPS) is 11.4. The summed E-state index contributed by atoms with van der Waals surface area (Å²) in [5.74, 6) is -0.494. The SMILES string of the molecule is CCc1ccccc1NC(=O)c1ccc(OC(C)C(=O)Nc2ccc(F)cc2)cc1. The average Bonchev–Trinajstić information content (AvgIpc) is 2.76. The van der Waals surface area contributed by atoms with E-state index in [9.17, 15) is 14.0 Å². The van der Waals surface area contributed by atoms with E-state index in [1.165, 1.54) is 24.3 Å². The van der Waals surface area contributed by atoms with Crippen molar-refractivity contribution < 1.29 is 18.7 Å². The second kappa shape index (κ2) is 9.69. The Morgan fingerprint density at radius 1 is 0.933 bits per heavy atom. The molecular formula is C24H23FN2O3. The molecule has 2 amide bonds. The van der Waals surface area contributed by atoms with Gasteiger partial charge in [-0.25, -0.2) is 4.39 Å². The number of amides is 2. The zero-order chi connectivity index (χ0) is 21.5. The summed E-state index contributed by atoms with van der Waals surface area (Å²) in [6, 6.07) is 19.7. The molecule has 0 aliphatic rings. The van der Waals surface area contributed by atoms with Crippen molar-refractivity contribution in [1.29, 1.82) is 0 Å². The van der Waals surface area contributed by atoms with Crippen molar-refractivity contribution in [1.82, 2.24) is 0 Å². The first-order valence-electron chi connectivity index (χ1n) is 9.68. The lowest BCUT2D eigenvalue weighted by Crippen LogP contribution is -2.30. The van der Waals surface area contributed by atoms with Crippen LogP contribution >= 0.6 is 0 Å². The third-order valence-corrected chi connectivity index (χ3v) is 4.56. The van der Waals surface area contributed by atoms with Crippen LogP contribution in [0.3, 0.4) is 0 Å². The zero-order valence-corrected chi connectivity index (χ0v) is 16.8. The zero-order valence-electron chi connectivity index (χ0n) is 16.8. The van der Waals surface area contributed by atoms with Crippen molar-refractivity contribution in [3.63, 3.8) is 0 Å². The van der Waals surface area contributed by atoms with Crippen LogP contribution < -0.4 is 15.4 Å². The summed E-state index contributed by atoms with van der Waals surface area (Å²) in [6.45, 7) is 3.64. The van der Waals surface area contributed by atoms with Crippen molar-refractivity contribution >= 4 is 23.2 Å². The third kappa shape index (κ3) is 5.44. The maximum Gasteiger partial charge on any atom is 0.265 e. The largest absolute Gasteiger partial charge is 0.481 e. The van der Waals surface area contributed by atoms with Crippen molar-refractivity contribution in [2.24, 2.45) is 0 Å². The van der Waals surface area contributed by atoms with Crippen molar-refractivity contribution in [3.8, 4) is 5.75 Å². The molecule has 0 bridgehead atoms. The summed E-state index contributed by atoms with van der Waals surface area (Å²) in [5, 5.41) is 5.58. The topological polar surface area (TPSA) is 67.4 Å². The van der Waals surface area contributed by atoms with Gasteiger partial charge in [-0.3, -0.25) is 9.59 Å². The highest BCUT2D eigenvalue weighted by atomic mass is 19.1. The summed E-state index contributed by atoms with van der Waals surface area (Å²) >= 11 is 0. The Kier molecular flexibility index (Phi) is 6.80.